The Hall–Kier alpha value is -1.11. The summed E-state index contributed by atoms with van der Waals surface area (Å²) >= 11 is 0. The molecular formula is C11H18O6S. The Morgan fingerprint density at radius 3 is 1.89 bits per heavy atom. The zero-order valence-corrected chi connectivity index (χ0v) is 11.6. The van der Waals surface area contributed by atoms with Gasteiger partial charge in [0.1, 0.15) is 0 Å². The summed E-state index contributed by atoms with van der Waals surface area (Å²) in [5.74, 6) is -1.71. The number of carbonyl (C=O) groups excluding carboxylic acids is 2. The average molecular weight is 278 g/mol. The molecule has 0 aromatic rings. The van der Waals surface area contributed by atoms with E-state index in [-0.39, 0.29) is 25.4 Å². The van der Waals surface area contributed by atoms with Gasteiger partial charge in [-0.15, -0.1) is 0 Å². The van der Waals surface area contributed by atoms with Crippen LogP contribution in [0.2, 0.25) is 0 Å². The smallest absolute Gasteiger partial charge is 0.324 e. The van der Waals surface area contributed by atoms with E-state index in [2.05, 4.69) is 0 Å². The molecule has 1 aliphatic rings. The molecule has 7 heteroatoms. The highest BCUT2D eigenvalue weighted by Crippen LogP contribution is 2.53. The van der Waals surface area contributed by atoms with Crippen molar-refractivity contribution in [2.45, 2.75) is 32.4 Å². The van der Waals surface area contributed by atoms with E-state index in [1.165, 1.54) is 6.92 Å². The maximum absolute atomic E-state index is 11.8. The van der Waals surface area contributed by atoms with Crippen LogP contribution >= 0.6 is 0 Å². The summed E-state index contributed by atoms with van der Waals surface area (Å²) in [7, 11) is -3.46. The lowest BCUT2D eigenvalue weighted by Gasteiger charge is -2.14. The maximum atomic E-state index is 11.8. The van der Waals surface area contributed by atoms with Crippen molar-refractivity contribution in [2.24, 2.45) is 5.41 Å². The maximum Gasteiger partial charge on any atom is 0.324 e. The zero-order chi connectivity index (χ0) is 14.0. The molecule has 1 aliphatic carbocycles. The molecule has 0 saturated heterocycles. The van der Waals surface area contributed by atoms with Crippen LogP contribution in [0.25, 0.3) is 0 Å². The lowest BCUT2D eigenvalue weighted by molar-refractivity contribution is -0.163. The van der Waals surface area contributed by atoms with Crippen LogP contribution in [0, 0.1) is 5.41 Å². The van der Waals surface area contributed by atoms with Crippen molar-refractivity contribution in [2.75, 3.05) is 19.0 Å². The normalized spacial score (nSPS) is 21.2. The summed E-state index contributed by atoms with van der Waals surface area (Å²) in [4.78, 5) is 23.7. The number of hydrogen-bond acceptors (Lipinski definition) is 6. The molecule has 1 atom stereocenters. The molecular weight excluding hydrogens is 260 g/mol. The first-order valence-electron chi connectivity index (χ1n) is 5.92. The fourth-order valence-corrected chi connectivity index (χ4v) is 3.63. The molecule has 0 aromatic heterocycles. The van der Waals surface area contributed by atoms with Gasteiger partial charge in [-0.1, -0.05) is 6.92 Å². The molecule has 0 amide bonds. The third kappa shape index (κ3) is 2.36. The Morgan fingerprint density at radius 1 is 1.11 bits per heavy atom. The fraction of sp³-hybridized carbons (Fsp3) is 0.818. The highest BCUT2D eigenvalue weighted by atomic mass is 32.2. The number of carbonyl (C=O) groups is 2. The highest BCUT2D eigenvalue weighted by Gasteiger charge is 2.73. The molecule has 0 N–H and O–H groups in total. The van der Waals surface area contributed by atoms with Crippen molar-refractivity contribution in [1.29, 1.82) is 0 Å². The second kappa shape index (κ2) is 5.26. The Balaban J connectivity index is 3.02. The number of sulfone groups is 1. The third-order valence-corrected chi connectivity index (χ3v) is 5.25. The minimum absolute atomic E-state index is 0.0408. The van der Waals surface area contributed by atoms with Gasteiger partial charge >= 0.3 is 11.9 Å². The van der Waals surface area contributed by atoms with Crippen molar-refractivity contribution < 1.29 is 27.5 Å². The predicted molar refractivity (Wildman–Crippen MR) is 63.6 cm³/mol. The van der Waals surface area contributed by atoms with Gasteiger partial charge in [-0.2, -0.15) is 0 Å². The minimum Gasteiger partial charge on any atom is -0.465 e. The lowest BCUT2D eigenvalue weighted by atomic mass is 10.1. The monoisotopic (exact) mass is 278 g/mol. The number of rotatable bonds is 6. The van der Waals surface area contributed by atoms with E-state index in [9.17, 15) is 18.0 Å². The molecule has 0 bridgehead atoms. The lowest BCUT2D eigenvalue weighted by Crippen LogP contribution is -2.35. The molecule has 1 rings (SSSR count). The van der Waals surface area contributed by atoms with Crippen LogP contribution in [0.1, 0.15) is 27.2 Å². The van der Waals surface area contributed by atoms with Gasteiger partial charge in [-0.3, -0.25) is 9.59 Å². The number of esters is 2. The SMILES string of the molecule is CCOC(=O)C1(C(=O)OCC)C[C@@H]1S(=O)(=O)CC. The van der Waals surface area contributed by atoms with E-state index in [1.807, 2.05) is 0 Å². The summed E-state index contributed by atoms with van der Waals surface area (Å²) < 4.78 is 33.2. The molecule has 6 nitrogen and oxygen atoms in total. The molecule has 0 aliphatic heterocycles. The first kappa shape index (κ1) is 14.9. The van der Waals surface area contributed by atoms with Gasteiger partial charge in [0.15, 0.2) is 15.3 Å². The van der Waals surface area contributed by atoms with E-state index < -0.39 is 32.4 Å². The Bertz CT molecular complexity index is 420. The van der Waals surface area contributed by atoms with Crippen LogP contribution in [-0.4, -0.2) is 44.6 Å². The van der Waals surface area contributed by atoms with Crippen molar-refractivity contribution in [3.05, 3.63) is 0 Å². The van der Waals surface area contributed by atoms with Crippen molar-refractivity contribution >= 4 is 21.8 Å². The van der Waals surface area contributed by atoms with Gasteiger partial charge in [-0.05, 0) is 20.3 Å². The van der Waals surface area contributed by atoms with E-state index in [0.717, 1.165) is 0 Å². The second-order valence-corrected chi connectivity index (χ2v) is 6.53. The first-order valence-corrected chi connectivity index (χ1v) is 7.64. The molecule has 1 saturated carbocycles. The summed E-state index contributed by atoms with van der Waals surface area (Å²) in [5, 5.41) is -1.01. The van der Waals surface area contributed by atoms with Crippen LogP contribution in [0.4, 0.5) is 0 Å². The van der Waals surface area contributed by atoms with Gasteiger partial charge in [0.05, 0.1) is 18.5 Å². The largest absolute Gasteiger partial charge is 0.465 e. The fourth-order valence-electron chi connectivity index (χ4n) is 1.90. The van der Waals surface area contributed by atoms with Gasteiger partial charge in [0.25, 0.3) is 0 Å². The summed E-state index contributed by atoms with van der Waals surface area (Å²) in [6, 6.07) is 0. The summed E-state index contributed by atoms with van der Waals surface area (Å²) in [5.41, 5.74) is -1.64. The molecule has 0 heterocycles. The van der Waals surface area contributed by atoms with Crippen LogP contribution < -0.4 is 0 Å². The van der Waals surface area contributed by atoms with Crippen LogP contribution in [0.15, 0.2) is 0 Å². The molecule has 104 valence electrons. The first-order chi connectivity index (χ1) is 8.36. The van der Waals surface area contributed by atoms with E-state index in [0.29, 0.717) is 0 Å². The van der Waals surface area contributed by atoms with Crippen molar-refractivity contribution in [3.8, 4) is 0 Å². The second-order valence-electron chi connectivity index (χ2n) is 4.06. The highest BCUT2D eigenvalue weighted by molar-refractivity contribution is 7.92. The zero-order valence-electron chi connectivity index (χ0n) is 10.8. The molecule has 0 radical (unpaired) electrons. The van der Waals surface area contributed by atoms with Crippen molar-refractivity contribution in [1.82, 2.24) is 0 Å². The van der Waals surface area contributed by atoms with Crippen LogP contribution in [0.5, 0.6) is 0 Å². The summed E-state index contributed by atoms with van der Waals surface area (Å²) in [6.45, 7) is 4.87. The number of ether oxygens (including phenoxy) is 2. The van der Waals surface area contributed by atoms with Crippen molar-refractivity contribution in [3.63, 3.8) is 0 Å². The molecule has 0 aromatic carbocycles. The van der Waals surface area contributed by atoms with E-state index >= 15 is 0 Å². The topological polar surface area (TPSA) is 86.7 Å². The Labute approximate surface area is 107 Å². The van der Waals surface area contributed by atoms with Gasteiger partial charge < -0.3 is 9.47 Å². The summed E-state index contributed by atoms with van der Waals surface area (Å²) in [6.07, 6.45) is -0.0408. The minimum atomic E-state index is -3.46. The molecule has 1 fully saturated rings. The van der Waals surface area contributed by atoms with Crippen LogP contribution in [-0.2, 0) is 28.9 Å². The van der Waals surface area contributed by atoms with Gasteiger partial charge in [-0.25, -0.2) is 8.42 Å². The number of hydrogen-bond donors (Lipinski definition) is 0. The molecule has 18 heavy (non-hydrogen) atoms. The van der Waals surface area contributed by atoms with Gasteiger partial charge in [0.2, 0.25) is 0 Å². The van der Waals surface area contributed by atoms with Gasteiger partial charge in [0, 0.05) is 5.75 Å². The standard InChI is InChI=1S/C11H18O6S/c1-4-16-9(12)11(10(13)17-5-2)7-8(11)18(14,15)6-3/h8H,4-7H2,1-3H3/t8-/m0/s1. The quantitative estimate of drug-likeness (QED) is 0.513. The van der Waals surface area contributed by atoms with E-state index in [1.54, 1.807) is 13.8 Å². The Morgan fingerprint density at radius 2 is 1.56 bits per heavy atom. The Kier molecular flexibility index (Phi) is 4.37. The molecule has 0 unspecified atom stereocenters. The third-order valence-electron chi connectivity index (χ3n) is 3.01. The van der Waals surface area contributed by atoms with Crippen LogP contribution in [0.3, 0.4) is 0 Å². The molecule has 0 spiro atoms. The predicted octanol–water partition coefficient (Wildman–Crippen LogP) is 0.306. The van der Waals surface area contributed by atoms with E-state index in [4.69, 9.17) is 9.47 Å². The average Bonchev–Trinajstić information content (AvgIpc) is 3.07.